The molecule has 16 heavy (non-hydrogen) atoms. The van der Waals surface area contributed by atoms with Crippen LogP contribution in [0.2, 0.25) is 0 Å². The Morgan fingerprint density at radius 1 is 1.38 bits per heavy atom. The summed E-state index contributed by atoms with van der Waals surface area (Å²) in [5.74, 6) is -0.186. The molecule has 1 atom stereocenters. The number of hydrogen-bond acceptors (Lipinski definition) is 2. The molecule has 1 aromatic carbocycles. The predicted octanol–water partition coefficient (Wildman–Crippen LogP) is 3.21. The second kappa shape index (κ2) is 4.74. The Kier molecular flexibility index (Phi) is 3.80. The molecule has 0 radical (unpaired) electrons. The van der Waals surface area contributed by atoms with Gasteiger partial charge in [0.15, 0.2) is 0 Å². The van der Waals surface area contributed by atoms with Gasteiger partial charge in [-0.1, -0.05) is 13.3 Å². The van der Waals surface area contributed by atoms with Crippen molar-refractivity contribution in [1.82, 2.24) is 0 Å². The van der Waals surface area contributed by atoms with Crippen LogP contribution in [0.4, 0.5) is 13.2 Å². The Hall–Kier alpha value is -1.23. The average molecular weight is 233 g/mol. The quantitative estimate of drug-likeness (QED) is 0.842. The van der Waals surface area contributed by atoms with Gasteiger partial charge < -0.3 is 10.8 Å². The first-order valence-corrected chi connectivity index (χ1v) is 5.02. The van der Waals surface area contributed by atoms with E-state index in [1.165, 1.54) is 0 Å². The molecule has 0 fully saturated rings. The van der Waals surface area contributed by atoms with Crippen LogP contribution in [0.1, 0.15) is 36.9 Å². The van der Waals surface area contributed by atoms with Gasteiger partial charge in [0.1, 0.15) is 5.75 Å². The van der Waals surface area contributed by atoms with Crippen LogP contribution in [0.5, 0.6) is 5.75 Å². The highest BCUT2D eigenvalue weighted by Gasteiger charge is 2.31. The van der Waals surface area contributed by atoms with E-state index in [1.54, 1.807) is 0 Å². The van der Waals surface area contributed by atoms with Gasteiger partial charge in [-0.3, -0.25) is 0 Å². The normalized spacial score (nSPS) is 13.8. The SMILES string of the molecule is CCC[C@H](N)c1cc(C(F)(F)F)ccc1O. The molecular formula is C11H14F3NO. The van der Waals surface area contributed by atoms with Crippen molar-refractivity contribution in [3.05, 3.63) is 29.3 Å². The molecule has 5 heteroatoms. The summed E-state index contributed by atoms with van der Waals surface area (Å²) >= 11 is 0. The Labute approximate surface area is 91.9 Å². The molecule has 1 aromatic rings. The topological polar surface area (TPSA) is 46.2 Å². The molecule has 3 N–H and O–H groups in total. The molecule has 0 aliphatic rings. The minimum Gasteiger partial charge on any atom is -0.508 e. The molecule has 0 saturated carbocycles. The Morgan fingerprint density at radius 2 is 2.00 bits per heavy atom. The van der Waals surface area contributed by atoms with Crippen molar-refractivity contribution in [2.45, 2.75) is 32.0 Å². The number of hydrogen-bond donors (Lipinski definition) is 2. The van der Waals surface area contributed by atoms with E-state index < -0.39 is 17.8 Å². The highest BCUT2D eigenvalue weighted by Crippen LogP contribution is 2.34. The van der Waals surface area contributed by atoms with Gasteiger partial charge in [0.05, 0.1) is 5.56 Å². The fourth-order valence-electron chi connectivity index (χ4n) is 1.49. The van der Waals surface area contributed by atoms with Gasteiger partial charge in [0.25, 0.3) is 0 Å². The third-order valence-corrected chi connectivity index (χ3v) is 2.35. The maximum atomic E-state index is 12.4. The van der Waals surface area contributed by atoms with Crippen molar-refractivity contribution in [2.24, 2.45) is 5.73 Å². The van der Waals surface area contributed by atoms with E-state index in [2.05, 4.69) is 0 Å². The largest absolute Gasteiger partial charge is 0.508 e. The van der Waals surface area contributed by atoms with Crippen LogP contribution in [-0.2, 0) is 6.18 Å². The first kappa shape index (κ1) is 12.8. The van der Waals surface area contributed by atoms with Crippen LogP contribution in [0.15, 0.2) is 18.2 Å². The Bertz CT molecular complexity index is 363. The van der Waals surface area contributed by atoms with Crippen molar-refractivity contribution in [3.63, 3.8) is 0 Å². The van der Waals surface area contributed by atoms with Crippen molar-refractivity contribution in [1.29, 1.82) is 0 Å². The number of rotatable bonds is 3. The lowest BCUT2D eigenvalue weighted by atomic mass is 10.00. The third kappa shape index (κ3) is 2.88. The molecule has 0 aliphatic heterocycles. The molecule has 0 aliphatic carbocycles. The lowest BCUT2D eigenvalue weighted by molar-refractivity contribution is -0.137. The number of alkyl halides is 3. The van der Waals surface area contributed by atoms with Gasteiger partial charge >= 0.3 is 6.18 Å². The lowest BCUT2D eigenvalue weighted by Gasteiger charge is -2.15. The highest BCUT2D eigenvalue weighted by atomic mass is 19.4. The van der Waals surface area contributed by atoms with Crippen LogP contribution < -0.4 is 5.73 Å². The van der Waals surface area contributed by atoms with Gasteiger partial charge in [0, 0.05) is 11.6 Å². The summed E-state index contributed by atoms with van der Waals surface area (Å²) in [6.45, 7) is 1.88. The van der Waals surface area contributed by atoms with Crippen molar-refractivity contribution in [3.8, 4) is 5.75 Å². The van der Waals surface area contributed by atoms with Crippen LogP contribution in [0.25, 0.3) is 0 Å². The Morgan fingerprint density at radius 3 is 2.50 bits per heavy atom. The smallest absolute Gasteiger partial charge is 0.416 e. The molecule has 0 amide bonds. The molecular weight excluding hydrogens is 219 g/mol. The fraction of sp³-hybridized carbons (Fsp3) is 0.455. The zero-order chi connectivity index (χ0) is 12.3. The number of phenolic OH excluding ortho intramolecular Hbond substituents is 1. The van der Waals surface area contributed by atoms with E-state index >= 15 is 0 Å². The molecule has 0 unspecified atom stereocenters. The summed E-state index contributed by atoms with van der Waals surface area (Å²) < 4.78 is 37.3. The fourth-order valence-corrected chi connectivity index (χ4v) is 1.49. The van der Waals surface area contributed by atoms with E-state index in [1.807, 2.05) is 6.92 Å². The summed E-state index contributed by atoms with van der Waals surface area (Å²) in [5, 5.41) is 9.45. The molecule has 0 saturated heterocycles. The summed E-state index contributed by atoms with van der Waals surface area (Å²) in [7, 11) is 0. The number of phenols is 1. The van der Waals surface area contributed by atoms with E-state index in [-0.39, 0.29) is 11.3 Å². The van der Waals surface area contributed by atoms with Gasteiger partial charge in [-0.2, -0.15) is 13.2 Å². The maximum Gasteiger partial charge on any atom is 0.416 e. The van der Waals surface area contributed by atoms with Crippen LogP contribution >= 0.6 is 0 Å². The van der Waals surface area contributed by atoms with Gasteiger partial charge in [-0.05, 0) is 24.6 Å². The van der Waals surface area contributed by atoms with Crippen LogP contribution in [-0.4, -0.2) is 5.11 Å². The standard InChI is InChI=1S/C11H14F3NO/c1-2-3-9(15)8-6-7(11(12,13)14)4-5-10(8)16/h4-6,9,16H,2-3,15H2,1H3/t9-/m0/s1. The molecule has 2 nitrogen and oxygen atoms in total. The van der Waals surface area contributed by atoms with E-state index in [0.29, 0.717) is 6.42 Å². The molecule has 1 rings (SSSR count). The molecule has 0 spiro atoms. The molecule has 90 valence electrons. The van der Waals surface area contributed by atoms with Gasteiger partial charge in [-0.25, -0.2) is 0 Å². The number of halogens is 3. The molecule has 0 aromatic heterocycles. The van der Waals surface area contributed by atoms with Gasteiger partial charge in [0.2, 0.25) is 0 Å². The average Bonchev–Trinajstić information content (AvgIpc) is 2.16. The predicted molar refractivity (Wildman–Crippen MR) is 54.9 cm³/mol. The van der Waals surface area contributed by atoms with E-state index in [4.69, 9.17) is 5.73 Å². The Balaban J connectivity index is 3.09. The first-order chi connectivity index (χ1) is 7.36. The minimum absolute atomic E-state index is 0.150. The van der Waals surface area contributed by atoms with Crippen LogP contribution in [0.3, 0.4) is 0 Å². The molecule has 0 bridgehead atoms. The van der Waals surface area contributed by atoms with Crippen molar-refractivity contribution >= 4 is 0 Å². The van der Waals surface area contributed by atoms with Gasteiger partial charge in [-0.15, -0.1) is 0 Å². The summed E-state index contributed by atoms with van der Waals surface area (Å²) in [6.07, 6.45) is -3.12. The highest BCUT2D eigenvalue weighted by molar-refractivity contribution is 5.39. The third-order valence-electron chi connectivity index (χ3n) is 2.35. The number of aromatic hydroxyl groups is 1. The lowest BCUT2D eigenvalue weighted by Crippen LogP contribution is -2.12. The summed E-state index contributed by atoms with van der Waals surface area (Å²) in [6, 6.07) is 2.23. The molecule has 0 heterocycles. The summed E-state index contributed by atoms with van der Waals surface area (Å²) in [4.78, 5) is 0. The second-order valence-electron chi connectivity index (χ2n) is 3.67. The number of benzene rings is 1. The monoisotopic (exact) mass is 233 g/mol. The van der Waals surface area contributed by atoms with Crippen molar-refractivity contribution < 1.29 is 18.3 Å². The van der Waals surface area contributed by atoms with Crippen LogP contribution in [0, 0.1) is 0 Å². The van der Waals surface area contributed by atoms with Crippen molar-refractivity contribution in [2.75, 3.05) is 0 Å². The number of nitrogens with two attached hydrogens (primary N) is 1. The zero-order valence-electron chi connectivity index (χ0n) is 8.88. The summed E-state index contributed by atoms with van der Waals surface area (Å²) in [5.41, 5.74) is 5.06. The second-order valence-corrected chi connectivity index (χ2v) is 3.67. The van der Waals surface area contributed by atoms with E-state index in [9.17, 15) is 18.3 Å². The zero-order valence-corrected chi connectivity index (χ0v) is 8.88. The van der Waals surface area contributed by atoms with E-state index in [0.717, 1.165) is 24.6 Å². The minimum atomic E-state index is -4.41. The maximum absolute atomic E-state index is 12.4. The first-order valence-electron chi connectivity index (χ1n) is 5.02.